The Balaban J connectivity index is 1.84. The summed E-state index contributed by atoms with van der Waals surface area (Å²) in [5.74, 6) is 0.508. The average Bonchev–Trinajstić information content (AvgIpc) is 3.26. The minimum Gasteiger partial charge on any atom is -0.493 e. The van der Waals surface area contributed by atoms with Crippen LogP contribution in [0.3, 0.4) is 0 Å². The standard InChI is InChI=1S/C30H32Cl2N2O6S/c1-5-6-7-12-39-23-11-9-20(17-24(23)38-4)27-26(29(36)40-14-13-37-3)18(2)33-30-34(27)28(35)25(41-30)16-19-8-10-21(31)22(32)15-19/h8-11,15-17,27H,5-7,12-14H2,1-4H3/b25-16-. The Labute approximate surface area is 252 Å². The van der Waals surface area contributed by atoms with E-state index in [2.05, 4.69) is 11.9 Å². The van der Waals surface area contributed by atoms with Crippen LogP contribution in [0.1, 0.15) is 50.3 Å². The number of rotatable bonds is 12. The molecule has 1 unspecified atom stereocenters. The third kappa shape index (κ3) is 7.04. The zero-order chi connectivity index (χ0) is 29.5. The number of unbranched alkanes of at least 4 members (excludes halogenated alkanes) is 2. The lowest BCUT2D eigenvalue weighted by atomic mass is 9.95. The summed E-state index contributed by atoms with van der Waals surface area (Å²) in [7, 11) is 3.08. The maximum absolute atomic E-state index is 13.9. The average molecular weight is 620 g/mol. The van der Waals surface area contributed by atoms with Gasteiger partial charge in [-0.2, -0.15) is 0 Å². The van der Waals surface area contributed by atoms with E-state index in [1.165, 1.54) is 23.0 Å². The Hall–Kier alpha value is -3.11. The van der Waals surface area contributed by atoms with Crippen LogP contribution in [0.5, 0.6) is 11.5 Å². The normalized spacial score (nSPS) is 15.0. The summed E-state index contributed by atoms with van der Waals surface area (Å²) in [6, 6.07) is 9.75. The zero-order valence-corrected chi connectivity index (χ0v) is 25.7. The van der Waals surface area contributed by atoms with Gasteiger partial charge in [-0.15, -0.1) is 0 Å². The Morgan fingerprint density at radius 1 is 1.05 bits per heavy atom. The molecule has 0 saturated carbocycles. The number of aromatic nitrogens is 1. The maximum atomic E-state index is 13.9. The van der Waals surface area contributed by atoms with Crippen molar-refractivity contribution in [1.82, 2.24) is 4.57 Å². The third-order valence-electron chi connectivity index (χ3n) is 6.51. The number of carbonyl (C=O) groups is 1. The van der Waals surface area contributed by atoms with Gasteiger partial charge in [-0.05, 0) is 54.8 Å². The van der Waals surface area contributed by atoms with Crippen molar-refractivity contribution in [2.24, 2.45) is 4.99 Å². The van der Waals surface area contributed by atoms with Crippen LogP contribution in [-0.4, -0.2) is 44.6 Å². The molecule has 1 aliphatic rings. The molecule has 11 heteroatoms. The number of nitrogens with zero attached hydrogens (tertiary/aromatic N) is 2. The van der Waals surface area contributed by atoms with Gasteiger partial charge in [0.15, 0.2) is 16.3 Å². The molecule has 3 aromatic rings. The maximum Gasteiger partial charge on any atom is 0.338 e. The Morgan fingerprint density at radius 2 is 1.85 bits per heavy atom. The molecule has 4 rings (SSSR count). The highest BCUT2D eigenvalue weighted by atomic mass is 35.5. The van der Waals surface area contributed by atoms with Crippen molar-refractivity contribution in [3.63, 3.8) is 0 Å². The van der Waals surface area contributed by atoms with E-state index in [4.69, 9.17) is 42.1 Å². The largest absolute Gasteiger partial charge is 0.493 e. The molecule has 0 N–H and O–H groups in total. The van der Waals surface area contributed by atoms with Crippen molar-refractivity contribution < 1.29 is 23.7 Å². The molecule has 0 spiro atoms. The van der Waals surface area contributed by atoms with Crippen LogP contribution in [-0.2, 0) is 14.3 Å². The van der Waals surface area contributed by atoms with E-state index in [0.29, 0.717) is 54.3 Å². The van der Waals surface area contributed by atoms with Crippen LogP contribution in [0.4, 0.5) is 0 Å². The van der Waals surface area contributed by atoms with E-state index in [-0.39, 0.29) is 24.3 Å². The Morgan fingerprint density at radius 3 is 2.56 bits per heavy atom. The highest BCUT2D eigenvalue weighted by Crippen LogP contribution is 2.36. The number of methoxy groups -OCH3 is 2. The number of fused-ring (bicyclic) bond motifs is 1. The summed E-state index contributed by atoms with van der Waals surface area (Å²) < 4.78 is 24.1. The lowest BCUT2D eigenvalue weighted by Crippen LogP contribution is -2.40. The van der Waals surface area contributed by atoms with E-state index in [1.807, 2.05) is 6.07 Å². The van der Waals surface area contributed by atoms with Gasteiger partial charge in [0.25, 0.3) is 5.56 Å². The fraction of sp³-hybridized carbons (Fsp3) is 0.367. The SMILES string of the molecule is CCCCCOc1ccc(C2C(C(=O)OCCOC)=C(C)N=c3s/c(=C\c4ccc(Cl)c(Cl)c4)c(=O)n32)cc1OC. The number of ether oxygens (including phenoxy) is 4. The number of hydrogen-bond donors (Lipinski definition) is 0. The number of thiazole rings is 1. The molecule has 0 bridgehead atoms. The smallest absolute Gasteiger partial charge is 0.338 e. The van der Waals surface area contributed by atoms with Gasteiger partial charge in [0.1, 0.15) is 6.61 Å². The zero-order valence-electron chi connectivity index (χ0n) is 23.4. The molecular weight excluding hydrogens is 587 g/mol. The van der Waals surface area contributed by atoms with Crippen LogP contribution in [0, 0.1) is 0 Å². The molecule has 0 radical (unpaired) electrons. The van der Waals surface area contributed by atoms with Crippen LogP contribution in [0.15, 0.2) is 57.5 Å². The number of carbonyl (C=O) groups excluding carboxylic acids is 1. The summed E-state index contributed by atoms with van der Waals surface area (Å²) in [4.78, 5) is 32.4. The van der Waals surface area contributed by atoms with Crippen molar-refractivity contribution in [2.75, 3.05) is 34.0 Å². The molecule has 1 aromatic heterocycles. The van der Waals surface area contributed by atoms with E-state index in [1.54, 1.807) is 50.4 Å². The first-order chi connectivity index (χ1) is 19.8. The molecule has 0 amide bonds. The molecule has 1 aliphatic heterocycles. The number of benzene rings is 2. The molecule has 0 fully saturated rings. The predicted molar refractivity (Wildman–Crippen MR) is 161 cm³/mol. The van der Waals surface area contributed by atoms with Crippen LogP contribution in [0.25, 0.3) is 6.08 Å². The molecule has 8 nitrogen and oxygen atoms in total. The van der Waals surface area contributed by atoms with Crippen molar-refractivity contribution >= 4 is 46.6 Å². The fourth-order valence-electron chi connectivity index (χ4n) is 4.45. The summed E-state index contributed by atoms with van der Waals surface area (Å²) in [5, 5.41) is 0.802. The number of halogens is 2. The van der Waals surface area contributed by atoms with Gasteiger partial charge in [0.05, 0.1) is 52.2 Å². The molecule has 2 aromatic carbocycles. The van der Waals surface area contributed by atoms with Gasteiger partial charge >= 0.3 is 5.97 Å². The van der Waals surface area contributed by atoms with Gasteiger partial charge in [0, 0.05) is 7.11 Å². The van der Waals surface area contributed by atoms with Gasteiger partial charge < -0.3 is 18.9 Å². The summed E-state index contributed by atoms with van der Waals surface area (Å²) in [6.45, 7) is 4.73. The van der Waals surface area contributed by atoms with Crippen molar-refractivity contribution in [3.8, 4) is 11.5 Å². The van der Waals surface area contributed by atoms with Crippen LogP contribution >= 0.6 is 34.5 Å². The number of allylic oxidation sites excluding steroid dienone is 1. The van der Waals surface area contributed by atoms with Crippen molar-refractivity contribution in [2.45, 2.75) is 39.2 Å². The molecule has 41 heavy (non-hydrogen) atoms. The molecule has 218 valence electrons. The van der Waals surface area contributed by atoms with E-state index in [0.717, 1.165) is 19.3 Å². The Bertz CT molecular complexity index is 1630. The first kappa shape index (κ1) is 30.8. The van der Waals surface area contributed by atoms with Gasteiger partial charge in [-0.25, -0.2) is 9.79 Å². The van der Waals surface area contributed by atoms with Crippen LogP contribution < -0.4 is 24.4 Å². The summed E-state index contributed by atoms with van der Waals surface area (Å²) in [6.07, 6.45) is 4.81. The lowest BCUT2D eigenvalue weighted by molar-refractivity contribution is -0.140. The number of esters is 1. The van der Waals surface area contributed by atoms with Crippen LogP contribution in [0.2, 0.25) is 10.0 Å². The second-order valence-corrected chi connectivity index (χ2v) is 11.2. The predicted octanol–water partition coefficient (Wildman–Crippen LogP) is 5.31. The second-order valence-electron chi connectivity index (χ2n) is 9.35. The first-order valence-electron chi connectivity index (χ1n) is 13.2. The molecular formula is C30H32Cl2N2O6S. The van der Waals surface area contributed by atoms with Crippen molar-refractivity contribution in [1.29, 1.82) is 0 Å². The van der Waals surface area contributed by atoms with Gasteiger partial charge in [-0.3, -0.25) is 9.36 Å². The monoisotopic (exact) mass is 618 g/mol. The van der Waals surface area contributed by atoms with E-state index >= 15 is 0 Å². The molecule has 2 heterocycles. The minimum absolute atomic E-state index is 0.0639. The van der Waals surface area contributed by atoms with E-state index in [9.17, 15) is 9.59 Å². The second kappa shape index (κ2) is 14.2. The number of hydrogen-bond acceptors (Lipinski definition) is 8. The van der Waals surface area contributed by atoms with Crippen molar-refractivity contribution in [3.05, 3.63) is 88.5 Å². The lowest BCUT2D eigenvalue weighted by Gasteiger charge is -2.25. The molecule has 1 atom stereocenters. The topological polar surface area (TPSA) is 88.4 Å². The summed E-state index contributed by atoms with van der Waals surface area (Å²) in [5.41, 5.74) is 1.77. The highest BCUT2D eigenvalue weighted by Gasteiger charge is 2.34. The molecule has 0 saturated heterocycles. The highest BCUT2D eigenvalue weighted by molar-refractivity contribution is 7.07. The first-order valence-corrected chi connectivity index (χ1v) is 14.8. The minimum atomic E-state index is -0.805. The fourth-order valence-corrected chi connectivity index (χ4v) is 5.81. The van der Waals surface area contributed by atoms with Gasteiger partial charge in [0.2, 0.25) is 0 Å². The van der Waals surface area contributed by atoms with Gasteiger partial charge in [-0.1, -0.05) is 66.4 Å². The quantitative estimate of drug-likeness (QED) is 0.202. The Kier molecular flexibility index (Phi) is 10.7. The van der Waals surface area contributed by atoms with E-state index < -0.39 is 12.0 Å². The molecule has 0 aliphatic carbocycles. The summed E-state index contributed by atoms with van der Waals surface area (Å²) >= 11 is 13.5. The third-order valence-corrected chi connectivity index (χ3v) is 8.23.